The number of benzene rings is 3. The zero-order valence-corrected chi connectivity index (χ0v) is 36.7. The number of hydrogen-bond donors (Lipinski definition) is 2. The van der Waals surface area contributed by atoms with Gasteiger partial charge in [0, 0.05) is 45.8 Å². The Morgan fingerprint density at radius 2 is 1.83 bits per heavy atom. The van der Waals surface area contributed by atoms with Crippen molar-refractivity contribution < 1.29 is 36.3 Å². The van der Waals surface area contributed by atoms with Crippen molar-refractivity contribution in [2.45, 2.75) is 62.8 Å². The van der Waals surface area contributed by atoms with E-state index in [9.17, 15) is 32.9 Å². The smallest absolute Gasteiger partial charge is 0.301 e. The van der Waals surface area contributed by atoms with Crippen LogP contribution in [0.5, 0.6) is 11.5 Å². The van der Waals surface area contributed by atoms with Crippen molar-refractivity contribution in [3.63, 3.8) is 0 Å². The highest BCUT2D eigenvalue weighted by atomic mass is 32.2. The van der Waals surface area contributed by atoms with E-state index >= 15 is 8.78 Å². The second kappa shape index (κ2) is 18.5. The van der Waals surface area contributed by atoms with Crippen molar-refractivity contribution >= 4 is 44.9 Å². The highest BCUT2D eigenvalue weighted by molar-refractivity contribution is 7.90. The van der Waals surface area contributed by atoms with Crippen LogP contribution in [0.25, 0.3) is 16.6 Å². The van der Waals surface area contributed by atoms with Crippen LogP contribution in [0.3, 0.4) is 0 Å². The monoisotopic (exact) mass is 910 g/mol. The molecule has 3 saturated heterocycles. The van der Waals surface area contributed by atoms with Crippen molar-refractivity contribution in [3.05, 3.63) is 106 Å². The SMILES string of the molecule is CCN(C)S(=O)(=O)Nc1ccc(F)c(Oc2ccc3ncn(-c4cnn(C5CCN(C(=O)CN6CCC(c7ccc(C8(C=O)CCC(=O)NC8)cc7F)CC6)CC5)c4)c(=O)c3c2)c1C#N. The molecule has 0 saturated carbocycles. The lowest BCUT2D eigenvalue weighted by Gasteiger charge is -2.36. The van der Waals surface area contributed by atoms with E-state index in [-0.39, 0.29) is 78.0 Å². The van der Waals surface area contributed by atoms with Crippen LogP contribution >= 0.6 is 0 Å². The van der Waals surface area contributed by atoms with E-state index in [1.54, 1.807) is 36.1 Å². The van der Waals surface area contributed by atoms with E-state index in [1.165, 1.54) is 42.2 Å². The number of nitrogens with zero attached hydrogens (tertiary/aromatic N) is 8. The lowest BCUT2D eigenvalue weighted by atomic mass is 9.75. The molecule has 3 aliphatic rings. The maximum Gasteiger partial charge on any atom is 0.301 e. The zero-order valence-electron chi connectivity index (χ0n) is 35.9. The van der Waals surface area contributed by atoms with Gasteiger partial charge in [-0.2, -0.15) is 23.1 Å². The molecule has 5 aromatic rings. The third-order valence-electron chi connectivity index (χ3n) is 12.9. The van der Waals surface area contributed by atoms with Gasteiger partial charge in [-0.3, -0.25) is 33.3 Å². The highest BCUT2D eigenvalue weighted by Gasteiger charge is 2.37. The van der Waals surface area contributed by atoms with Crippen LogP contribution in [0.4, 0.5) is 14.5 Å². The third kappa shape index (κ3) is 9.21. The number of nitriles is 1. The molecule has 3 aromatic carbocycles. The number of halogens is 2. The zero-order chi connectivity index (χ0) is 46.0. The lowest BCUT2D eigenvalue weighted by Crippen LogP contribution is -2.47. The van der Waals surface area contributed by atoms with Crippen molar-refractivity contribution in [1.82, 2.24) is 38.8 Å². The molecular formula is C45H48F2N10O7S. The summed E-state index contributed by atoms with van der Waals surface area (Å²) in [6, 6.07) is 13.2. The van der Waals surface area contributed by atoms with Gasteiger partial charge in [-0.15, -0.1) is 0 Å². The van der Waals surface area contributed by atoms with Crippen LogP contribution in [-0.2, 0) is 30.0 Å². The van der Waals surface area contributed by atoms with Gasteiger partial charge in [-0.25, -0.2) is 13.8 Å². The van der Waals surface area contributed by atoms with Gasteiger partial charge < -0.3 is 19.7 Å². The fourth-order valence-corrected chi connectivity index (χ4v) is 9.73. The molecule has 0 bridgehead atoms. The molecule has 2 amide bonds. The molecule has 0 radical (unpaired) electrons. The minimum Gasteiger partial charge on any atom is -0.453 e. The number of fused-ring (bicyclic) bond motifs is 1. The van der Waals surface area contributed by atoms with Gasteiger partial charge in [0.25, 0.3) is 5.56 Å². The minimum atomic E-state index is -4.04. The first-order valence-electron chi connectivity index (χ1n) is 21.5. The van der Waals surface area contributed by atoms with Crippen LogP contribution in [0.1, 0.15) is 74.1 Å². The van der Waals surface area contributed by atoms with Crippen LogP contribution in [0.2, 0.25) is 0 Å². The molecule has 1 atom stereocenters. The molecule has 1 unspecified atom stereocenters. The Bertz CT molecular complexity index is 2860. The second-order valence-electron chi connectivity index (χ2n) is 16.8. The standard InChI is InChI=1S/C45H48F2N10O7S/c1-3-53(2)65(62,63)52-40-9-7-37(46)43(36(40)22-48)64-33-5-8-39-35(21-33)44(61)56(28-50-39)32-23-51-57(24-32)31-13-18-55(19-14-31)42(60)25-54-16-11-29(12-17-54)34-6-4-30(20-38(34)47)45(27-58)15-10-41(59)49-26-45/h4-9,20-21,23-24,27-29,31,52H,3,10-19,25-26H2,1-2H3,(H,49,59). The average molecular weight is 911 g/mol. The first-order chi connectivity index (χ1) is 31.2. The summed E-state index contributed by atoms with van der Waals surface area (Å²) in [7, 11) is -2.69. The van der Waals surface area contributed by atoms with Crippen LogP contribution in [0, 0.1) is 23.0 Å². The van der Waals surface area contributed by atoms with E-state index in [0.29, 0.717) is 80.6 Å². The van der Waals surface area contributed by atoms with Crippen molar-refractivity contribution in [3.8, 4) is 23.3 Å². The molecule has 2 aromatic heterocycles. The minimum absolute atomic E-state index is 0.0117. The number of rotatable bonds is 13. The Hall–Kier alpha value is -6.56. The van der Waals surface area contributed by atoms with E-state index < -0.39 is 32.8 Å². The van der Waals surface area contributed by atoms with E-state index in [2.05, 4.69) is 25.0 Å². The molecule has 5 heterocycles. The van der Waals surface area contributed by atoms with E-state index in [4.69, 9.17) is 4.74 Å². The predicted molar refractivity (Wildman–Crippen MR) is 235 cm³/mol. The summed E-state index contributed by atoms with van der Waals surface area (Å²) in [5, 5.41) is 17.3. The maximum absolute atomic E-state index is 15.5. The number of hydrogen-bond acceptors (Lipinski definition) is 11. The summed E-state index contributed by atoms with van der Waals surface area (Å²) in [5.41, 5.74) is 0.00121. The van der Waals surface area contributed by atoms with Gasteiger partial charge >= 0.3 is 10.2 Å². The largest absolute Gasteiger partial charge is 0.453 e. The Balaban J connectivity index is 0.865. The Morgan fingerprint density at radius 1 is 1.06 bits per heavy atom. The number of likely N-dealkylation sites (tertiary alicyclic amines) is 2. The topological polar surface area (TPSA) is 205 Å². The number of piperidine rings is 3. The molecule has 340 valence electrons. The average Bonchev–Trinajstić information content (AvgIpc) is 3.81. The predicted octanol–water partition coefficient (Wildman–Crippen LogP) is 4.52. The quantitative estimate of drug-likeness (QED) is 0.157. The number of carbonyl (C=O) groups excluding carboxylic acids is 3. The lowest BCUT2D eigenvalue weighted by molar-refractivity contribution is -0.134. The van der Waals surface area contributed by atoms with Crippen molar-refractivity contribution in [1.29, 1.82) is 5.26 Å². The van der Waals surface area contributed by atoms with Gasteiger partial charge in [0.15, 0.2) is 11.6 Å². The first kappa shape index (κ1) is 45.0. The van der Waals surface area contributed by atoms with Crippen molar-refractivity contribution in [2.75, 3.05) is 57.6 Å². The molecular weight excluding hydrogens is 863 g/mol. The van der Waals surface area contributed by atoms with Gasteiger partial charge in [0.1, 0.15) is 35.8 Å². The third-order valence-corrected chi connectivity index (χ3v) is 14.5. The van der Waals surface area contributed by atoms with E-state index in [0.717, 1.165) is 22.7 Å². The van der Waals surface area contributed by atoms with Gasteiger partial charge in [-0.05, 0) is 98.6 Å². The fraction of sp³-hybridized carbons (Fsp3) is 0.400. The van der Waals surface area contributed by atoms with Crippen LogP contribution in [0.15, 0.2) is 72.0 Å². The maximum atomic E-state index is 15.5. The normalized spacial score (nSPS) is 19.0. The number of nitrogens with one attached hydrogen (secondary N) is 2. The summed E-state index contributed by atoms with van der Waals surface area (Å²) < 4.78 is 68.1. The fourth-order valence-electron chi connectivity index (χ4n) is 8.78. The number of carbonyl (C=O) groups is 3. The Morgan fingerprint density at radius 3 is 2.51 bits per heavy atom. The van der Waals surface area contributed by atoms with Gasteiger partial charge in [0.2, 0.25) is 11.8 Å². The summed E-state index contributed by atoms with van der Waals surface area (Å²) in [6.07, 6.45) is 8.71. The van der Waals surface area contributed by atoms with Crippen LogP contribution in [-0.4, -0.2) is 113 Å². The number of anilines is 1. The molecule has 20 heteroatoms. The molecule has 2 N–H and O–H groups in total. The van der Waals surface area contributed by atoms with Crippen molar-refractivity contribution in [2.24, 2.45) is 0 Å². The summed E-state index contributed by atoms with van der Waals surface area (Å²) in [4.78, 5) is 59.4. The molecule has 17 nitrogen and oxygen atoms in total. The number of ether oxygens (including phenoxy) is 1. The van der Waals surface area contributed by atoms with Crippen LogP contribution < -0.4 is 20.3 Å². The number of aldehydes is 1. The van der Waals surface area contributed by atoms with E-state index in [1.807, 2.05) is 11.0 Å². The molecule has 3 aliphatic heterocycles. The molecule has 0 spiro atoms. The number of aromatic nitrogens is 4. The summed E-state index contributed by atoms with van der Waals surface area (Å²) >= 11 is 0. The molecule has 65 heavy (non-hydrogen) atoms. The summed E-state index contributed by atoms with van der Waals surface area (Å²) in [5.74, 6) is -1.89. The molecule has 0 aliphatic carbocycles. The molecule has 3 fully saturated rings. The van der Waals surface area contributed by atoms with Gasteiger partial charge in [0.05, 0.1) is 46.5 Å². The van der Waals surface area contributed by atoms with Gasteiger partial charge in [-0.1, -0.05) is 19.1 Å². The molecule has 8 rings (SSSR count). The number of amides is 2. The Labute approximate surface area is 373 Å². The second-order valence-corrected chi connectivity index (χ2v) is 18.5. The Kier molecular flexibility index (Phi) is 12.8. The highest BCUT2D eigenvalue weighted by Crippen LogP contribution is 2.37. The summed E-state index contributed by atoms with van der Waals surface area (Å²) in [6.45, 7) is 4.54. The first-order valence-corrected chi connectivity index (χ1v) is 22.9.